The zero-order valence-corrected chi connectivity index (χ0v) is 25.4. The van der Waals surface area contributed by atoms with Gasteiger partial charge in [-0.15, -0.1) is 0 Å². The summed E-state index contributed by atoms with van der Waals surface area (Å²) in [7, 11) is 0. The summed E-state index contributed by atoms with van der Waals surface area (Å²) in [6, 6.07) is 0.795. The molecule has 46 heavy (non-hydrogen) atoms. The molecule has 10 N–H and O–H groups in total. The smallest absolute Gasteiger partial charge is 0.326 e. The third-order valence-corrected chi connectivity index (χ3v) is 6.98. The van der Waals surface area contributed by atoms with E-state index in [9.17, 15) is 48.6 Å². The first-order valence-corrected chi connectivity index (χ1v) is 14.4. The van der Waals surface area contributed by atoms with Gasteiger partial charge in [0.1, 0.15) is 24.2 Å². The molecule has 0 aliphatic heterocycles. The van der Waals surface area contributed by atoms with Gasteiger partial charge < -0.3 is 47.4 Å². The molecule has 0 heterocycles. The Morgan fingerprint density at radius 1 is 0.674 bits per heavy atom. The van der Waals surface area contributed by atoms with Gasteiger partial charge in [0.15, 0.2) is 0 Å². The summed E-state index contributed by atoms with van der Waals surface area (Å²) in [5.41, 5.74) is 6.19. The van der Waals surface area contributed by atoms with Crippen molar-refractivity contribution < 1.29 is 58.8 Å². The maximum atomic E-state index is 13.4. The van der Waals surface area contributed by atoms with Crippen LogP contribution in [0.4, 0.5) is 0 Å². The van der Waals surface area contributed by atoms with Crippen LogP contribution in [0.25, 0.3) is 0 Å². The van der Waals surface area contributed by atoms with Crippen LogP contribution in [-0.4, -0.2) is 98.1 Å². The minimum absolute atomic E-state index is 0.138. The van der Waals surface area contributed by atoms with Crippen molar-refractivity contribution in [3.8, 4) is 0 Å². The molecule has 0 radical (unpaired) electrons. The van der Waals surface area contributed by atoms with Gasteiger partial charge in [-0.2, -0.15) is 0 Å². The second-order valence-electron chi connectivity index (χ2n) is 10.7. The van der Waals surface area contributed by atoms with E-state index in [4.69, 9.17) is 15.9 Å². The predicted molar refractivity (Wildman–Crippen MR) is 159 cm³/mol. The average Bonchev–Trinajstić information content (AvgIpc) is 2.98. The summed E-state index contributed by atoms with van der Waals surface area (Å²) >= 11 is 0. The lowest BCUT2D eigenvalue weighted by atomic mass is 9.98. The van der Waals surface area contributed by atoms with Crippen molar-refractivity contribution in [2.75, 3.05) is 0 Å². The fourth-order valence-electron chi connectivity index (χ4n) is 4.17. The van der Waals surface area contributed by atoms with Crippen LogP contribution in [0.2, 0.25) is 0 Å². The van der Waals surface area contributed by atoms with Crippen LogP contribution in [0.3, 0.4) is 0 Å². The summed E-state index contributed by atoms with van der Waals surface area (Å²) in [6.07, 6.45) is -2.69. The number of hydrogen-bond acceptors (Lipinski definition) is 9. The third-order valence-electron chi connectivity index (χ3n) is 6.98. The number of carbonyl (C=O) groups excluding carboxylic acids is 4. The maximum Gasteiger partial charge on any atom is 0.326 e. The molecule has 1 aromatic rings. The highest BCUT2D eigenvalue weighted by atomic mass is 16.4. The van der Waals surface area contributed by atoms with E-state index in [0.29, 0.717) is 12.0 Å². The molecule has 0 unspecified atom stereocenters. The van der Waals surface area contributed by atoms with Crippen LogP contribution in [0.15, 0.2) is 30.3 Å². The summed E-state index contributed by atoms with van der Waals surface area (Å²) in [5.74, 6) is -9.94. The van der Waals surface area contributed by atoms with Crippen molar-refractivity contribution >= 4 is 47.5 Å². The Kier molecular flexibility index (Phi) is 16.4. The summed E-state index contributed by atoms with van der Waals surface area (Å²) in [4.78, 5) is 97.7. The molecule has 0 spiro atoms. The number of amides is 4. The zero-order chi connectivity index (χ0) is 35.0. The van der Waals surface area contributed by atoms with Crippen molar-refractivity contribution in [3.63, 3.8) is 0 Å². The van der Waals surface area contributed by atoms with E-state index < -0.39 is 116 Å². The number of rotatable bonds is 21. The maximum absolute atomic E-state index is 13.4. The first kappa shape index (κ1) is 39.0. The van der Waals surface area contributed by atoms with Gasteiger partial charge in [-0.1, -0.05) is 50.6 Å². The second kappa shape index (κ2) is 19.4. The molecular weight excluding hydrogens is 610 g/mol. The topological polar surface area (TPSA) is 292 Å². The number of benzene rings is 1. The fraction of sp³-hybridized carbons (Fsp3) is 0.517. The number of aliphatic carboxylic acids is 4. The normalized spacial score (nSPS) is 14.7. The van der Waals surface area contributed by atoms with E-state index in [1.54, 1.807) is 44.2 Å². The molecule has 0 aliphatic carbocycles. The van der Waals surface area contributed by atoms with Crippen LogP contribution in [0.1, 0.15) is 57.9 Å². The monoisotopic (exact) mass is 651 g/mol. The molecule has 0 aromatic heterocycles. The number of carbonyl (C=O) groups is 8. The Balaban J connectivity index is 3.30. The highest BCUT2D eigenvalue weighted by Gasteiger charge is 2.33. The van der Waals surface area contributed by atoms with Crippen molar-refractivity contribution in [2.24, 2.45) is 11.7 Å². The van der Waals surface area contributed by atoms with Crippen LogP contribution in [0.5, 0.6) is 0 Å². The van der Waals surface area contributed by atoms with Gasteiger partial charge in [0.25, 0.3) is 0 Å². The van der Waals surface area contributed by atoms with Gasteiger partial charge in [-0.05, 0) is 24.3 Å². The molecule has 1 aromatic carbocycles. The first-order valence-electron chi connectivity index (χ1n) is 14.4. The Morgan fingerprint density at radius 2 is 1.13 bits per heavy atom. The van der Waals surface area contributed by atoms with E-state index >= 15 is 0 Å². The molecule has 4 amide bonds. The van der Waals surface area contributed by atoms with E-state index in [-0.39, 0.29) is 6.42 Å². The van der Waals surface area contributed by atoms with Crippen LogP contribution in [-0.2, 0) is 44.8 Å². The largest absolute Gasteiger partial charge is 0.481 e. The number of nitrogens with two attached hydrogens (primary N) is 1. The van der Waals surface area contributed by atoms with E-state index in [1.165, 1.54) is 0 Å². The molecule has 0 fully saturated rings. The molecule has 0 aliphatic rings. The molecule has 17 heteroatoms. The predicted octanol–water partition coefficient (Wildman–Crippen LogP) is -1.17. The zero-order valence-electron chi connectivity index (χ0n) is 25.4. The molecule has 17 nitrogen and oxygen atoms in total. The Bertz CT molecular complexity index is 1260. The molecule has 0 bridgehead atoms. The average molecular weight is 652 g/mol. The van der Waals surface area contributed by atoms with Gasteiger partial charge in [-0.3, -0.25) is 33.6 Å². The van der Waals surface area contributed by atoms with Crippen LogP contribution in [0, 0.1) is 5.92 Å². The Labute approximate surface area is 264 Å². The minimum atomic E-state index is -1.61. The molecule has 6 atom stereocenters. The van der Waals surface area contributed by atoms with E-state index in [2.05, 4.69) is 21.3 Å². The number of hydrogen-bond donors (Lipinski definition) is 9. The fourth-order valence-corrected chi connectivity index (χ4v) is 4.17. The number of carboxylic acids is 4. The number of carboxylic acid groups (broad SMARTS) is 4. The van der Waals surface area contributed by atoms with Gasteiger partial charge in [-0.25, -0.2) is 4.79 Å². The van der Waals surface area contributed by atoms with Gasteiger partial charge in [0, 0.05) is 19.3 Å². The molecular formula is C29H41N5O12. The van der Waals surface area contributed by atoms with Crippen molar-refractivity contribution in [2.45, 2.75) is 89.0 Å². The van der Waals surface area contributed by atoms with Crippen molar-refractivity contribution in [1.29, 1.82) is 0 Å². The van der Waals surface area contributed by atoms with E-state index in [1.807, 2.05) is 0 Å². The lowest BCUT2D eigenvalue weighted by Gasteiger charge is -2.27. The third kappa shape index (κ3) is 14.1. The quantitative estimate of drug-likeness (QED) is 0.0758. The summed E-state index contributed by atoms with van der Waals surface area (Å²) in [6.45, 7) is 3.26. The number of nitrogens with one attached hydrogen (secondary N) is 4. The summed E-state index contributed by atoms with van der Waals surface area (Å²) < 4.78 is 0. The van der Waals surface area contributed by atoms with Crippen molar-refractivity contribution in [3.05, 3.63) is 35.9 Å². The van der Waals surface area contributed by atoms with Crippen LogP contribution < -0.4 is 27.0 Å². The highest BCUT2D eigenvalue weighted by molar-refractivity contribution is 5.96. The summed E-state index contributed by atoms with van der Waals surface area (Å²) in [5, 5.41) is 46.2. The second-order valence-corrected chi connectivity index (χ2v) is 10.7. The Hall–Kier alpha value is -5.06. The highest BCUT2D eigenvalue weighted by Crippen LogP contribution is 2.11. The van der Waals surface area contributed by atoms with Gasteiger partial charge >= 0.3 is 23.9 Å². The van der Waals surface area contributed by atoms with E-state index in [0.717, 1.165) is 0 Å². The minimum Gasteiger partial charge on any atom is -0.481 e. The molecule has 0 saturated heterocycles. The molecule has 0 saturated carbocycles. The van der Waals surface area contributed by atoms with Gasteiger partial charge in [0.2, 0.25) is 23.6 Å². The standard InChI is InChI=1S/C29H41N5O12/c1-3-15(2)24(29(45)46)34-27(43)19(10-12-22(37)38)31-26(42)18(9-11-21(35)36)32-28(44)20(13-16-7-5-4-6-8-16)33-25(41)17(30)14-23(39)40/h4-8,15,17-20,24H,3,9-14,30H2,1-2H3,(H,31,42)(H,32,44)(H,33,41)(H,34,43)(H,35,36)(H,37,38)(H,39,40)(H,45,46)/t15-,17-,18-,19-,20-,24-/m0/s1. The first-order chi connectivity index (χ1) is 21.5. The van der Waals surface area contributed by atoms with Crippen molar-refractivity contribution in [1.82, 2.24) is 21.3 Å². The SMILES string of the molecule is CC[C@H](C)[C@H](NC(=O)[C@H](CCC(=O)O)NC(=O)[C@H](CCC(=O)O)NC(=O)[C@H](Cc1ccccc1)NC(=O)[C@@H](N)CC(=O)O)C(=O)O. The van der Waals surface area contributed by atoms with Crippen LogP contribution >= 0.6 is 0 Å². The molecule has 254 valence electrons. The molecule has 1 rings (SSSR count). The lowest BCUT2D eigenvalue weighted by molar-refractivity contribution is -0.144. The lowest BCUT2D eigenvalue weighted by Crippen LogP contribution is -2.59. The Morgan fingerprint density at radius 3 is 1.57 bits per heavy atom. The van der Waals surface area contributed by atoms with Gasteiger partial charge in [0.05, 0.1) is 12.5 Å².